The third-order valence-electron chi connectivity index (χ3n) is 3.96. The second kappa shape index (κ2) is 7.43. The molecule has 0 unspecified atom stereocenters. The van der Waals surface area contributed by atoms with Gasteiger partial charge in [0, 0.05) is 18.2 Å². The van der Waals surface area contributed by atoms with Crippen molar-refractivity contribution in [3.63, 3.8) is 0 Å². The lowest BCUT2D eigenvalue weighted by Crippen LogP contribution is -2.37. The number of nitrogen functional groups attached to an aromatic ring is 1. The minimum atomic E-state index is -0.322. The van der Waals surface area contributed by atoms with Gasteiger partial charge in [0.25, 0.3) is 0 Å². The van der Waals surface area contributed by atoms with Crippen molar-refractivity contribution in [3.8, 4) is 11.4 Å². The first kappa shape index (κ1) is 17.7. The van der Waals surface area contributed by atoms with Crippen LogP contribution in [-0.4, -0.2) is 44.0 Å². The lowest BCUT2D eigenvalue weighted by molar-refractivity contribution is -0.129. The Balaban J connectivity index is 1.65. The zero-order chi connectivity index (χ0) is 18.0. The van der Waals surface area contributed by atoms with E-state index in [0.717, 1.165) is 19.4 Å². The Morgan fingerprint density at radius 2 is 2.04 bits per heavy atom. The van der Waals surface area contributed by atoms with Crippen LogP contribution in [0.4, 0.5) is 4.39 Å². The van der Waals surface area contributed by atoms with Gasteiger partial charge in [-0.05, 0) is 43.0 Å². The maximum atomic E-state index is 13.0. The van der Waals surface area contributed by atoms with Gasteiger partial charge < -0.3 is 10.7 Å². The molecular weight excluding hydrogens is 341 g/mol. The fraction of sp³-hybridized carbons (Fsp3) is 0.471. The van der Waals surface area contributed by atoms with Crippen molar-refractivity contribution in [2.45, 2.75) is 37.9 Å². The predicted octanol–water partition coefficient (Wildman–Crippen LogP) is 2.54. The van der Waals surface area contributed by atoms with E-state index >= 15 is 0 Å². The number of amides is 1. The highest BCUT2D eigenvalue weighted by Crippen LogP contribution is 2.29. The fourth-order valence-electron chi connectivity index (χ4n) is 2.61. The topological polar surface area (TPSA) is 77.0 Å². The van der Waals surface area contributed by atoms with Gasteiger partial charge >= 0.3 is 0 Å². The average molecular weight is 363 g/mol. The molecule has 1 saturated carbocycles. The Bertz CT molecular complexity index is 742. The molecular formula is C17H22FN5OS. The van der Waals surface area contributed by atoms with Crippen molar-refractivity contribution in [3.05, 3.63) is 30.1 Å². The van der Waals surface area contributed by atoms with E-state index in [9.17, 15) is 9.18 Å². The summed E-state index contributed by atoms with van der Waals surface area (Å²) in [6.45, 7) is 5.00. The van der Waals surface area contributed by atoms with Crippen LogP contribution in [0.25, 0.3) is 11.4 Å². The molecule has 1 heterocycles. The van der Waals surface area contributed by atoms with Gasteiger partial charge in [-0.15, -0.1) is 10.2 Å². The highest BCUT2D eigenvalue weighted by Gasteiger charge is 2.32. The Morgan fingerprint density at radius 3 is 2.64 bits per heavy atom. The van der Waals surface area contributed by atoms with E-state index in [2.05, 4.69) is 24.0 Å². The second-order valence-corrected chi connectivity index (χ2v) is 7.59. The number of thioether (sulfide) groups is 1. The summed E-state index contributed by atoms with van der Waals surface area (Å²) in [6, 6.07) is 6.28. The molecule has 0 aliphatic heterocycles. The minimum Gasteiger partial charge on any atom is -0.339 e. The first-order chi connectivity index (χ1) is 12.0. The SMILES string of the molecule is CC(C)CN(C(=O)CSc1nnc(-c2ccc(F)cc2)n1N)C1CC1. The van der Waals surface area contributed by atoms with Crippen molar-refractivity contribution in [2.24, 2.45) is 5.92 Å². The van der Waals surface area contributed by atoms with Crippen LogP contribution < -0.4 is 5.84 Å². The maximum Gasteiger partial charge on any atom is 0.233 e. The molecule has 25 heavy (non-hydrogen) atoms. The highest BCUT2D eigenvalue weighted by atomic mass is 32.2. The molecule has 1 aromatic carbocycles. The molecule has 134 valence electrons. The van der Waals surface area contributed by atoms with Gasteiger partial charge in [0.05, 0.1) is 5.75 Å². The van der Waals surface area contributed by atoms with Crippen molar-refractivity contribution in [2.75, 3.05) is 18.1 Å². The van der Waals surface area contributed by atoms with Gasteiger partial charge in [-0.1, -0.05) is 25.6 Å². The number of hydrogen-bond acceptors (Lipinski definition) is 5. The number of carbonyl (C=O) groups is 1. The number of carbonyl (C=O) groups excluding carboxylic acids is 1. The van der Waals surface area contributed by atoms with Crippen LogP contribution in [0.3, 0.4) is 0 Å². The van der Waals surface area contributed by atoms with Gasteiger partial charge in [0.2, 0.25) is 11.1 Å². The van der Waals surface area contributed by atoms with Crippen molar-refractivity contribution in [1.29, 1.82) is 0 Å². The average Bonchev–Trinajstić information content (AvgIpc) is 3.35. The number of benzene rings is 1. The Labute approximate surface area is 150 Å². The first-order valence-corrected chi connectivity index (χ1v) is 9.33. The molecule has 1 amide bonds. The van der Waals surface area contributed by atoms with E-state index in [0.29, 0.717) is 28.5 Å². The predicted molar refractivity (Wildman–Crippen MR) is 95.9 cm³/mol. The molecule has 0 saturated heterocycles. The lowest BCUT2D eigenvalue weighted by atomic mass is 10.2. The Hall–Kier alpha value is -2.09. The van der Waals surface area contributed by atoms with Crippen molar-refractivity contribution >= 4 is 17.7 Å². The third-order valence-corrected chi connectivity index (χ3v) is 4.89. The summed E-state index contributed by atoms with van der Waals surface area (Å²) in [5.74, 6) is 6.99. The summed E-state index contributed by atoms with van der Waals surface area (Å²) in [4.78, 5) is 14.5. The number of nitrogens with two attached hydrogens (primary N) is 1. The maximum absolute atomic E-state index is 13.0. The van der Waals surface area contributed by atoms with E-state index in [-0.39, 0.29) is 17.5 Å². The van der Waals surface area contributed by atoms with E-state index in [1.165, 1.54) is 28.6 Å². The number of hydrogen-bond donors (Lipinski definition) is 1. The zero-order valence-corrected chi connectivity index (χ0v) is 15.2. The van der Waals surface area contributed by atoms with Crippen LogP contribution in [0.2, 0.25) is 0 Å². The van der Waals surface area contributed by atoms with Crippen molar-refractivity contribution < 1.29 is 9.18 Å². The molecule has 0 spiro atoms. The summed E-state index contributed by atoms with van der Waals surface area (Å²) in [7, 11) is 0. The molecule has 1 fully saturated rings. The second-order valence-electron chi connectivity index (χ2n) is 6.64. The molecule has 2 aromatic rings. The molecule has 1 aliphatic carbocycles. The fourth-order valence-corrected chi connectivity index (χ4v) is 3.36. The molecule has 2 N–H and O–H groups in total. The summed E-state index contributed by atoms with van der Waals surface area (Å²) in [5, 5.41) is 8.57. The lowest BCUT2D eigenvalue weighted by Gasteiger charge is -2.24. The van der Waals surface area contributed by atoms with Crippen LogP contribution in [-0.2, 0) is 4.79 Å². The Morgan fingerprint density at radius 1 is 1.36 bits per heavy atom. The molecule has 0 bridgehead atoms. The number of rotatable bonds is 7. The summed E-state index contributed by atoms with van der Waals surface area (Å²) in [5.41, 5.74) is 0.675. The van der Waals surface area contributed by atoms with Gasteiger partial charge in [-0.2, -0.15) is 0 Å². The van der Waals surface area contributed by atoms with Crippen molar-refractivity contribution in [1.82, 2.24) is 19.8 Å². The number of nitrogens with zero attached hydrogens (tertiary/aromatic N) is 4. The molecule has 8 heteroatoms. The van der Waals surface area contributed by atoms with Crippen LogP contribution in [0.5, 0.6) is 0 Å². The van der Waals surface area contributed by atoms with E-state index in [1.54, 1.807) is 12.1 Å². The molecule has 3 rings (SSSR count). The van der Waals surface area contributed by atoms with Gasteiger partial charge in [0.15, 0.2) is 5.82 Å². The van der Waals surface area contributed by atoms with E-state index in [1.807, 2.05) is 4.90 Å². The van der Waals surface area contributed by atoms with Crippen LogP contribution >= 0.6 is 11.8 Å². The van der Waals surface area contributed by atoms with Gasteiger partial charge in [-0.25, -0.2) is 9.07 Å². The summed E-state index contributed by atoms with van der Waals surface area (Å²) in [6.07, 6.45) is 2.18. The molecule has 0 atom stereocenters. The summed E-state index contributed by atoms with van der Waals surface area (Å²) >= 11 is 1.27. The Kier molecular flexibility index (Phi) is 5.27. The smallest absolute Gasteiger partial charge is 0.233 e. The number of halogens is 1. The largest absolute Gasteiger partial charge is 0.339 e. The van der Waals surface area contributed by atoms with Crippen LogP contribution in [0, 0.1) is 11.7 Å². The van der Waals surface area contributed by atoms with Crippen LogP contribution in [0.1, 0.15) is 26.7 Å². The van der Waals surface area contributed by atoms with Gasteiger partial charge in [-0.3, -0.25) is 4.79 Å². The minimum absolute atomic E-state index is 0.104. The summed E-state index contributed by atoms with van der Waals surface area (Å²) < 4.78 is 14.4. The zero-order valence-electron chi connectivity index (χ0n) is 14.4. The number of aromatic nitrogens is 3. The molecule has 1 aliphatic rings. The molecule has 0 radical (unpaired) electrons. The van der Waals surface area contributed by atoms with Crippen LogP contribution in [0.15, 0.2) is 29.4 Å². The molecule has 6 nitrogen and oxygen atoms in total. The first-order valence-electron chi connectivity index (χ1n) is 8.34. The van der Waals surface area contributed by atoms with E-state index in [4.69, 9.17) is 5.84 Å². The van der Waals surface area contributed by atoms with Gasteiger partial charge in [0.1, 0.15) is 5.82 Å². The standard InChI is InChI=1S/C17H22FN5OS/c1-11(2)9-22(14-7-8-14)15(24)10-25-17-21-20-16(23(17)19)12-3-5-13(18)6-4-12/h3-6,11,14H,7-10,19H2,1-2H3. The monoisotopic (exact) mass is 363 g/mol. The molecule has 1 aromatic heterocycles. The van der Waals surface area contributed by atoms with E-state index < -0.39 is 0 Å². The quantitative estimate of drug-likeness (QED) is 0.604. The normalized spacial score (nSPS) is 14.1. The highest BCUT2D eigenvalue weighted by molar-refractivity contribution is 7.99. The third kappa shape index (κ3) is 4.31.